The van der Waals surface area contributed by atoms with Crippen LogP contribution in [0.15, 0.2) is 84.0 Å². The highest BCUT2D eigenvalue weighted by molar-refractivity contribution is 7.99. The van der Waals surface area contributed by atoms with Gasteiger partial charge in [-0.05, 0) is 43.3 Å². The van der Waals surface area contributed by atoms with Crippen molar-refractivity contribution in [2.75, 3.05) is 5.75 Å². The number of rotatable bonds is 6. The number of carbonyl (C=O) groups excluding carboxylic acids is 2. The van der Waals surface area contributed by atoms with E-state index < -0.39 is 0 Å². The lowest BCUT2D eigenvalue weighted by Crippen LogP contribution is -2.42. The van der Waals surface area contributed by atoms with Gasteiger partial charge in [-0.3, -0.25) is 25.0 Å². The van der Waals surface area contributed by atoms with Gasteiger partial charge in [-0.1, -0.05) is 71.4 Å². The Kier molecular flexibility index (Phi) is 7.07. The van der Waals surface area contributed by atoms with E-state index in [2.05, 4.69) is 21.0 Å². The fourth-order valence-corrected chi connectivity index (χ4v) is 3.91. The van der Waals surface area contributed by atoms with Crippen LogP contribution in [0.3, 0.4) is 0 Å². The summed E-state index contributed by atoms with van der Waals surface area (Å²) in [5.41, 5.74) is 8.15. The van der Waals surface area contributed by atoms with Crippen LogP contribution in [0.25, 0.3) is 17.1 Å². The number of nitrogens with one attached hydrogen (secondary N) is 2. The fraction of sp³-hybridized carbons (Fsp3) is 0.0833. The number of hydrogen-bond donors (Lipinski definition) is 2. The molecule has 0 atom stereocenters. The number of aromatic nitrogens is 3. The van der Waals surface area contributed by atoms with Gasteiger partial charge < -0.3 is 0 Å². The van der Waals surface area contributed by atoms with Gasteiger partial charge >= 0.3 is 0 Å². The third-order valence-corrected chi connectivity index (χ3v) is 5.89. The molecule has 2 N–H and O–H groups in total. The third-order valence-electron chi connectivity index (χ3n) is 4.71. The SMILES string of the molecule is Cc1ccc(-c2nnc(SCC(=O)NNC(=O)c3ccccc3)n2-c2ccc(Cl)cc2)cc1. The zero-order valence-corrected chi connectivity index (χ0v) is 19.2. The molecule has 1 aromatic heterocycles. The maximum absolute atomic E-state index is 12.3. The predicted molar refractivity (Wildman–Crippen MR) is 129 cm³/mol. The first-order valence-corrected chi connectivity index (χ1v) is 11.4. The van der Waals surface area contributed by atoms with E-state index in [-0.39, 0.29) is 17.6 Å². The molecule has 0 saturated carbocycles. The van der Waals surface area contributed by atoms with E-state index in [0.29, 0.717) is 21.6 Å². The summed E-state index contributed by atoms with van der Waals surface area (Å²) >= 11 is 7.27. The van der Waals surface area contributed by atoms with Gasteiger partial charge in [-0.25, -0.2) is 0 Å². The Morgan fingerprint density at radius 1 is 0.909 bits per heavy atom. The maximum atomic E-state index is 12.3. The van der Waals surface area contributed by atoms with Crippen LogP contribution < -0.4 is 10.9 Å². The summed E-state index contributed by atoms with van der Waals surface area (Å²) in [4.78, 5) is 24.4. The van der Waals surface area contributed by atoms with Gasteiger partial charge in [0.25, 0.3) is 5.91 Å². The van der Waals surface area contributed by atoms with Gasteiger partial charge in [0.05, 0.1) is 5.75 Å². The second kappa shape index (κ2) is 10.3. The summed E-state index contributed by atoms with van der Waals surface area (Å²) < 4.78 is 1.88. The van der Waals surface area contributed by atoms with Crippen molar-refractivity contribution < 1.29 is 9.59 Å². The number of nitrogens with zero attached hydrogens (tertiary/aromatic N) is 3. The number of hydrogen-bond acceptors (Lipinski definition) is 5. The molecular formula is C24H20ClN5O2S. The molecule has 0 aliphatic carbocycles. The highest BCUT2D eigenvalue weighted by Gasteiger charge is 2.17. The zero-order chi connectivity index (χ0) is 23.2. The summed E-state index contributed by atoms with van der Waals surface area (Å²) in [6.45, 7) is 2.02. The molecule has 1 heterocycles. The number of benzene rings is 3. The molecule has 0 fully saturated rings. The second-order valence-electron chi connectivity index (χ2n) is 7.14. The van der Waals surface area contributed by atoms with E-state index >= 15 is 0 Å². The molecule has 0 bridgehead atoms. The van der Waals surface area contributed by atoms with Crippen molar-refractivity contribution in [3.05, 3.63) is 95.0 Å². The Morgan fingerprint density at radius 2 is 1.61 bits per heavy atom. The standard InChI is InChI=1S/C24H20ClN5O2S/c1-16-7-9-17(10-8-16)22-27-29-24(30(22)20-13-11-19(25)12-14-20)33-15-21(31)26-28-23(32)18-5-3-2-4-6-18/h2-14H,15H2,1H3,(H,26,31)(H,28,32). The number of thioether (sulfide) groups is 1. The third kappa shape index (κ3) is 5.60. The normalized spacial score (nSPS) is 10.6. The van der Waals surface area contributed by atoms with E-state index in [0.717, 1.165) is 16.8 Å². The maximum Gasteiger partial charge on any atom is 0.269 e. The van der Waals surface area contributed by atoms with Crippen LogP contribution in [0.4, 0.5) is 0 Å². The van der Waals surface area contributed by atoms with Crippen LogP contribution in [0.5, 0.6) is 0 Å². The molecule has 0 spiro atoms. The highest BCUT2D eigenvalue weighted by Crippen LogP contribution is 2.28. The summed E-state index contributed by atoms with van der Waals surface area (Å²) in [5.74, 6) is -0.0707. The minimum atomic E-state index is -0.389. The number of aryl methyl sites for hydroxylation is 1. The van der Waals surface area contributed by atoms with Crippen molar-refractivity contribution in [2.45, 2.75) is 12.1 Å². The van der Waals surface area contributed by atoms with Gasteiger partial charge in [0.2, 0.25) is 5.91 Å². The Hall–Kier alpha value is -3.62. The van der Waals surface area contributed by atoms with Crippen LogP contribution in [0, 0.1) is 6.92 Å². The van der Waals surface area contributed by atoms with Crippen molar-refractivity contribution in [1.29, 1.82) is 0 Å². The average Bonchev–Trinajstić information content (AvgIpc) is 3.26. The van der Waals surface area contributed by atoms with Gasteiger partial charge in [-0.2, -0.15) is 0 Å². The number of halogens is 1. The molecule has 0 radical (unpaired) electrons. The first-order chi connectivity index (χ1) is 16.0. The van der Waals surface area contributed by atoms with Crippen LogP contribution >= 0.6 is 23.4 Å². The lowest BCUT2D eigenvalue weighted by molar-refractivity contribution is -0.119. The fourth-order valence-electron chi connectivity index (χ4n) is 3.03. The molecule has 3 aromatic carbocycles. The molecule has 2 amide bonds. The van der Waals surface area contributed by atoms with Crippen LogP contribution in [0.1, 0.15) is 15.9 Å². The molecule has 4 rings (SSSR count). The van der Waals surface area contributed by atoms with E-state index in [1.807, 2.05) is 54.0 Å². The summed E-state index contributed by atoms with van der Waals surface area (Å²) in [7, 11) is 0. The molecule has 7 nitrogen and oxygen atoms in total. The quantitative estimate of drug-likeness (QED) is 0.316. The average molecular weight is 478 g/mol. The van der Waals surface area contributed by atoms with Crippen LogP contribution in [-0.4, -0.2) is 32.3 Å². The summed E-state index contributed by atoms with van der Waals surface area (Å²) in [5, 5.41) is 9.82. The van der Waals surface area contributed by atoms with Crippen LogP contribution in [0.2, 0.25) is 5.02 Å². The number of carbonyl (C=O) groups is 2. The second-order valence-corrected chi connectivity index (χ2v) is 8.52. The smallest absolute Gasteiger partial charge is 0.269 e. The Labute approximate surface area is 200 Å². The Bertz CT molecular complexity index is 1260. The van der Waals surface area contributed by atoms with E-state index in [4.69, 9.17) is 11.6 Å². The molecule has 166 valence electrons. The molecule has 33 heavy (non-hydrogen) atoms. The molecule has 0 unspecified atom stereocenters. The predicted octanol–water partition coefficient (Wildman–Crippen LogP) is 4.45. The molecule has 0 saturated heterocycles. The van der Waals surface area contributed by atoms with Crippen molar-refractivity contribution in [3.8, 4) is 17.1 Å². The first kappa shape index (κ1) is 22.6. The summed E-state index contributed by atoms with van der Waals surface area (Å²) in [6, 6.07) is 23.9. The zero-order valence-electron chi connectivity index (χ0n) is 17.7. The van der Waals surface area contributed by atoms with Crippen LogP contribution in [-0.2, 0) is 4.79 Å². The van der Waals surface area contributed by atoms with Crippen molar-refractivity contribution in [2.24, 2.45) is 0 Å². The molecular weight excluding hydrogens is 458 g/mol. The molecule has 0 aliphatic heterocycles. The number of amides is 2. The van der Waals surface area contributed by atoms with E-state index in [9.17, 15) is 9.59 Å². The van der Waals surface area contributed by atoms with E-state index in [1.165, 1.54) is 11.8 Å². The van der Waals surface area contributed by atoms with Crippen molar-refractivity contribution in [3.63, 3.8) is 0 Å². The van der Waals surface area contributed by atoms with Crippen molar-refractivity contribution >= 4 is 35.2 Å². The molecule has 9 heteroatoms. The highest BCUT2D eigenvalue weighted by atomic mass is 35.5. The topological polar surface area (TPSA) is 88.9 Å². The molecule has 0 aliphatic rings. The van der Waals surface area contributed by atoms with Crippen molar-refractivity contribution in [1.82, 2.24) is 25.6 Å². The number of hydrazine groups is 1. The lowest BCUT2D eigenvalue weighted by Gasteiger charge is -2.11. The van der Waals surface area contributed by atoms with E-state index in [1.54, 1.807) is 36.4 Å². The first-order valence-electron chi connectivity index (χ1n) is 10.1. The molecule has 4 aromatic rings. The van der Waals surface area contributed by atoms with Gasteiger partial charge in [0.1, 0.15) is 0 Å². The Morgan fingerprint density at radius 3 is 2.30 bits per heavy atom. The monoisotopic (exact) mass is 477 g/mol. The van der Waals surface area contributed by atoms with Gasteiger partial charge in [0, 0.05) is 21.8 Å². The lowest BCUT2D eigenvalue weighted by atomic mass is 10.1. The summed E-state index contributed by atoms with van der Waals surface area (Å²) in [6.07, 6.45) is 0. The largest absolute Gasteiger partial charge is 0.272 e. The minimum absolute atomic E-state index is 0.0364. The van der Waals surface area contributed by atoms with Gasteiger partial charge in [0.15, 0.2) is 11.0 Å². The van der Waals surface area contributed by atoms with Gasteiger partial charge in [-0.15, -0.1) is 10.2 Å². The minimum Gasteiger partial charge on any atom is -0.272 e. The Balaban J connectivity index is 1.50.